The normalized spacial score (nSPS) is 19.3. The highest BCUT2D eigenvalue weighted by Gasteiger charge is 2.26. The lowest BCUT2D eigenvalue weighted by molar-refractivity contribution is -0.122. The number of hydrogen-bond donors (Lipinski definition) is 2. The van der Waals surface area contributed by atoms with Crippen LogP contribution in [0.2, 0.25) is 0 Å². The number of carbonyl (C=O) groups is 1. The molecule has 7 heteroatoms. The van der Waals surface area contributed by atoms with Gasteiger partial charge in [-0.1, -0.05) is 6.07 Å². The summed E-state index contributed by atoms with van der Waals surface area (Å²) in [4.78, 5) is 34.1. The van der Waals surface area contributed by atoms with Crippen molar-refractivity contribution in [2.75, 3.05) is 18.0 Å². The zero-order chi connectivity index (χ0) is 16.2. The number of anilines is 1. The molecule has 1 fully saturated rings. The quantitative estimate of drug-likeness (QED) is 0.894. The molecular formula is C16H20N4O2S. The Kier molecular flexibility index (Phi) is 4.76. The van der Waals surface area contributed by atoms with Gasteiger partial charge >= 0.3 is 0 Å². The predicted molar refractivity (Wildman–Crippen MR) is 91.0 cm³/mol. The number of H-pyrrole nitrogens is 1. The molecule has 0 radical (unpaired) electrons. The van der Waals surface area contributed by atoms with Gasteiger partial charge in [0.1, 0.15) is 0 Å². The van der Waals surface area contributed by atoms with E-state index in [1.807, 2.05) is 29.3 Å². The lowest BCUT2D eigenvalue weighted by Gasteiger charge is -2.33. The number of carbonyl (C=O) groups excluding carboxylic acids is 1. The minimum absolute atomic E-state index is 0.0363. The van der Waals surface area contributed by atoms with Crippen LogP contribution in [0.5, 0.6) is 0 Å². The summed E-state index contributed by atoms with van der Waals surface area (Å²) < 4.78 is 0. The zero-order valence-electron chi connectivity index (χ0n) is 13.0. The summed E-state index contributed by atoms with van der Waals surface area (Å²) in [7, 11) is 0. The third-order valence-corrected chi connectivity index (χ3v) is 5.17. The van der Waals surface area contributed by atoms with E-state index in [4.69, 9.17) is 0 Å². The van der Waals surface area contributed by atoms with Crippen LogP contribution in [0.4, 0.5) is 5.82 Å². The molecule has 3 rings (SSSR count). The number of thiophene rings is 1. The Morgan fingerprint density at radius 3 is 3.17 bits per heavy atom. The number of aromatic amines is 1. The van der Waals surface area contributed by atoms with E-state index in [1.54, 1.807) is 17.5 Å². The highest BCUT2D eigenvalue weighted by atomic mass is 32.1. The van der Waals surface area contributed by atoms with E-state index in [2.05, 4.69) is 15.3 Å². The third-order valence-electron chi connectivity index (χ3n) is 4.12. The second-order valence-corrected chi connectivity index (χ2v) is 6.75. The zero-order valence-corrected chi connectivity index (χ0v) is 13.8. The minimum atomic E-state index is -0.188. The minimum Gasteiger partial charge on any atom is -0.351 e. The number of rotatable bonds is 4. The summed E-state index contributed by atoms with van der Waals surface area (Å²) in [5.74, 6) is 0.315. The second kappa shape index (κ2) is 6.95. The summed E-state index contributed by atoms with van der Waals surface area (Å²) in [6, 6.07) is 3.98. The van der Waals surface area contributed by atoms with Crippen LogP contribution in [-0.2, 0) is 4.79 Å². The monoisotopic (exact) mass is 332 g/mol. The van der Waals surface area contributed by atoms with Gasteiger partial charge in [-0.25, -0.2) is 4.98 Å². The molecule has 0 saturated carbocycles. The number of aromatic nitrogens is 2. The first-order chi connectivity index (χ1) is 11.1. The van der Waals surface area contributed by atoms with E-state index in [0.29, 0.717) is 12.4 Å². The van der Waals surface area contributed by atoms with Crippen molar-refractivity contribution < 1.29 is 4.79 Å². The summed E-state index contributed by atoms with van der Waals surface area (Å²) >= 11 is 1.59. The smallest absolute Gasteiger partial charge is 0.290 e. The van der Waals surface area contributed by atoms with Crippen LogP contribution in [0.15, 0.2) is 34.7 Å². The fourth-order valence-corrected chi connectivity index (χ4v) is 3.63. The average Bonchev–Trinajstić information content (AvgIpc) is 3.09. The Morgan fingerprint density at radius 2 is 2.43 bits per heavy atom. The molecule has 1 saturated heterocycles. The Bertz CT molecular complexity index is 713. The second-order valence-electron chi connectivity index (χ2n) is 5.77. The van der Waals surface area contributed by atoms with Gasteiger partial charge in [-0.05, 0) is 31.2 Å². The van der Waals surface area contributed by atoms with Crippen molar-refractivity contribution in [2.45, 2.75) is 31.7 Å². The lowest BCUT2D eigenvalue weighted by atomic mass is 10.0. The molecule has 2 atom stereocenters. The topological polar surface area (TPSA) is 78.1 Å². The molecule has 0 bridgehead atoms. The summed E-state index contributed by atoms with van der Waals surface area (Å²) in [5, 5.41) is 5.09. The van der Waals surface area contributed by atoms with Gasteiger partial charge in [-0.15, -0.1) is 11.3 Å². The van der Waals surface area contributed by atoms with Crippen molar-refractivity contribution in [1.29, 1.82) is 0 Å². The summed E-state index contributed by atoms with van der Waals surface area (Å²) in [5.41, 5.74) is -0.188. The molecule has 2 N–H and O–H groups in total. The van der Waals surface area contributed by atoms with Gasteiger partial charge in [-0.2, -0.15) is 0 Å². The fourth-order valence-electron chi connectivity index (χ4n) is 2.85. The van der Waals surface area contributed by atoms with E-state index in [0.717, 1.165) is 24.3 Å². The van der Waals surface area contributed by atoms with Crippen LogP contribution < -0.4 is 15.8 Å². The fraction of sp³-hybridized carbons (Fsp3) is 0.438. The van der Waals surface area contributed by atoms with Crippen LogP contribution in [0, 0.1) is 0 Å². The molecule has 0 spiro atoms. The van der Waals surface area contributed by atoms with E-state index in [-0.39, 0.29) is 23.4 Å². The van der Waals surface area contributed by atoms with Crippen LogP contribution in [0.1, 0.15) is 30.6 Å². The van der Waals surface area contributed by atoms with Crippen molar-refractivity contribution >= 4 is 23.1 Å². The molecular weight excluding hydrogens is 312 g/mol. The maximum atomic E-state index is 12.4. The molecule has 1 aliphatic heterocycles. The van der Waals surface area contributed by atoms with Crippen molar-refractivity contribution in [3.05, 3.63) is 45.1 Å². The third kappa shape index (κ3) is 3.61. The van der Waals surface area contributed by atoms with Crippen LogP contribution in [-0.4, -0.2) is 35.0 Å². The lowest BCUT2D eigenvalue weighted by Crippen LogP contribution is -2.50. The predicted octanol–water partition coefficient (Wildman–Crippen LogP) is 1.72. The number of piperidine rings is 1. The Morgan fingerprint density at radius 1 is 1.57 bits per heavy atom. The van der Waals surface area contributed by atoms with Gasteiger partial charge in [0, 0.05) is 36.4 Å². The Balaban J connectivity index is 1.64. The number of nitrogens with zero attached hydrogens (tertiary/aromatic N) is 2. The summed E-state index contributed by atoms with van der Waals surface area (Å²) in [6.45, 7) is 3.32. The van der Waals surface area contributed by atoms with Crippen LogP contribution in [0.25, 0.3) is 0 Å². The van der Waals surface area contributed by atoms with E-state index in [9.17, 15) is 9.59 Å². The molecule has 23 heavy (non-hydrogen) atoms. The van der Waals surface area contributed by atoms with Crippen molar-refractivity contribution in [2.24, 2.45) is 0 Å². The van der Waals surface area contributed by atoms with Gasteiger partial charge in [0.25, 0.3) is 5.56 Å². The average molecular weight is 332 g/mol. The molecule has 2 aromatic rings. The molecule has 0 unspecified atom stereocenters. The first kappa shape index (κ1) is 15.7. The SMILES string of the molecule is C[C@H](C(=O)N[C@H]1CCCN(c2ncc[nH]c2=O)C1)c1cccs1. The van der Waals surface area contributed by atoms with Crippen LogP contribution >= 0.6 is 11.3 Å². The molecule has 0 aromatic carbocycles. The molecule has 1 amide bonds. The maximum absolute atomic E-state index is 12.4. The highest BCUT2D eigenvalue weighted by molar-refractivity contribution is 7.10. The molecule has 0 aliphatic carbocycles. The number of amides is 1. The summed E-state index contributed by atoms with van der Waals surface area (Å²) in [6.07, 6.45) is 4.95. The van der Waals surface area contributed by atoms with Gasteiger partial charge in [0.05, 0.1) is 5.92 Å². The van der Waals surface area contributed by atoms with Gasteiger partial charge < -0.3 is 15.2 Å². The molecule has 2 aromatic heterocycles. The maximum Gasteiger partial charge on any atom is 0.290 e. The van der Waals surface area contributed by atoms with Gasteiger partial charge in [0.15, 0.2) is 5.82 Å². The number of nitrogens with one attached hydrogen (secondary N) is 2. The van der Waals surface area contributed by atoms with E-state index >= 15 is 0 Å². The van der Waals surface area contributed by atoms with E-state index in [1.165, 1.54) is 6.20 Å². The largest absolute Gasteiger partial charge is 0.351 e. The van der Waals surface area contributed by atoms with Gasteiger partial charge in [-0.3, -0.25) is 9.59 Å². The Hall–Kier alpha value is -2.15. The highest BCUT2D eigenvalue weighted by Crippen LogP contribution is 2.22. The Labute approximate surface area is 138 Å². The molecule has 1 aliphatic rings. The van der Waals surface area contributed by atoms with Crippen LogP contribution in [0.3, 0.4) is 0 Å². The number of hydrogen-bond acceptors (Lipinski definition) is 5. The van der Waals surface area contributed by atoms with E-state index < -0.39 is 0 Å². The van der Waals surface area contributed by atoms with Crippen molar-refractivity contribution in [3.63, 3.8) is 0 Å². The molecule has 3 heterocycles. The van der Waals surface area contributed by atoms with Gasteiger partial charge in [0.2, 0.25) is 5.91 Å². The molecule has 6 nitrogen and oxygen atoms in total. The molecule has 122 valence electrons. The van der Waals surface area contributed by atoms with Crippen molar-refractivity contribution in [1.82, 2.24) is 15.3 Å². The van der Waals surface area contributed by atoms with Crippen molar-refractivity contribution in [3.8, 4) is 0 Å². The first-order valence-corrected chi connectivity index (χ1v) is 8.65. The first-order valence-electron chi connectivity index (χ1n) is 7.77. The standard InChI is InChI=1S/C16H20N4O2S/c1-11(13-5-3-9-23-13)15(21)19-12-4-2-8-20(10-12)14-16(22)18-7-6-17-14/h3,5-7,9,11-12H,2,4,8,10H2,1H3,(H,18,22)(H,19,21)/t11-,12-/m0/s1.